The van der Waals surface area contributed by atoms with E-state index < -0.39 is 0 Å². The van der Waals surface area contributed by atoms with Gasteiger partial charge in [-0.05, 0) is 23.8 Å². The lowest BCUT2D eigenvalue weighted by atomic mass is 9.83. The van der Waals surface area contributed by atoms with Crippen molar-refractivity contribution in [1.82, 2.24) is 14.9 Å². The molecular weight excluding hydrogens is 368 g/mol. The maximum atomic E-state index is 5.45. The van der Waals surface area contributed by atoms with Crippen molar-refractivity contribution in [2.24, 2.45) is 5.41 Å². The molecule has 0 bridgehead atoms. The number of nitrogens with zero attached hydrogens (tertiary/aromatic N) is 3. The summed E-state index contributed by atoms with van der Waals surface area (Å²) in [6, 6.07) is 10.3. The van der Waals surface area contributed by atoms with Crippen molar-refractivity contribution in [3.8, 4) is 17.0 Å². The molecule has 1 N–H and O–H groups in total. The van der Waals surface area contributed by atoms with E-state index >= 15 is 0 Å². The van der Waals surface area contributed by atoms with E-state index in [4.69, 9.17) is 9.72 Å². The predicted octanol–water partition coefficient (Wildman–Crippen LogP) is 5.37. The Morgan fingerprint density at radius 3 is 2.61 bits per heavy atom. The maximum absolute atomic E-state index is 5.45. The largest absolute Gasteiger partial charge is 0.479 e. The molecule has 3 aromatic rings. The zero-order chi connectivity index (χ0) is 19.7. The number of hydrogen-bond acceptors (Lipinski definition) is 6. The molecule has 146 valence electrons. The number of pyridine rings is 1. The van der Waals surface area contributed by atoms with Crippen LogP contribution in [0, 0.1) is 5.41 Å². The molecule has 0 atom stereocenters. The van der Waals surface area contributed by atoms with Crippen molar-refractivity contribution in [3.63, 3.8) is 0 Å². The van der Waals surface area contributed by atoms with Crippen LogP contribution in [0.5, 0.6) is 5.88 Å². The van der Waals surface area contributed by atoms with E-state index in [2.05, 4.69) is 47.8 Å². The Morgan fingerprint density at radius 2 is 1.93 bits per heavy atom. The fraction of sp³-hybridized carbons (Fsp3) is 0.364. The van der Waals surface area contributed by atoms with Crippen LogP contribution in [0.2, 0.25) is 0 Å². The van der Waals surface area contributed by atoms with Gasteiger partial charge in [-0.15, -0.1) is 0 Å². The van der Waals surface area contributed by atoms with Crippen LogP contribution in [0.4, 0.5) is 5.13 Å². The van der Waals surface area contributed by atoms with Gasteiger partial charge in [-0.25, -0.2) is 9.97 Å². The normalized spacial score (nSPS) is 16.2. The molecule has 3 heterocycles. The van der Waals surface area contributed by atoms with Crippen LogP contribution in [-0.4, -0.2) is 35.1 Å². The van der Waals surface area contributed by atoms with Crippen LogP contribution < -0.4 is 10.1 Å². The molecule has 0 saturated carbocycles. The quantitative estimate of drug-likeness (QED) is 0.630. The Hall–Kier alpha value is -2.60. The number of anilines is 1. The highest BCUT2D eigenvalue weighted by Crippen LogP contribution is 2.39. The number of hydrogen-bond donors (Lipinski definition) is 1. The second kappa shape index (κ2) is 7.43. The van der Waals surface area contributed by atoms with Crippen molar-refractivity contribution in [3.05, 3.63) is 48.9 Å². The molecule has 4 rings (SSSR count). The number of methoxy groups -OCH3 is 1. The summed E-state index contributed by atoms with van der Waals surface area (Å²) in [5.74, 6) is 1.45. The standard InChI is InChI=1S/C22H26N4OS/c1-15(26-12-10-22(2,3)11-13-26)24-21-25-18-19(28-21)17(14-23-20(18)27-4)16-8-6-5-7-9-16/h5-9,14H,1,10-13H2,2-4H3,(H,24,25). The molecule has 0 unspecified atom stereocenters. The summed E-state index contributed by atoms with van der Waals surface area (Å²) >= 11 is 1.61. The van der Waals surface area contributed by atoms with Gasteiger partial charge in [0.2, 0.25) is 5.88 Å². The highest BCUT2D eigenvalue weighted by Gasteiger charge is 2.26. The number of aromatic nitrogens is 2. The highest BCUT2D eigenvalue weighted by molar-refractivity contribution is 7.22. The molecule has 28 heavy (non-hydrogen) atoms. The third kappa shape index (κ3) is 3.69. The molecule has 1 aliphatic heterocycles. The zero-order valence-electron chi connectivity index (χ0n) is 16.7. The predicted molar refractivity (Wildman–Crippen MR) is 117 cm³/mol. The summed E-state index contributed by atoms with van der Waals surface area (Å²) in [6.45, 7) is 10.9. The minimum atomic E-state index is 0.413. The smallest absolute Gasteiger partial charge is 0.241 e. The summed E-state index contributed by atoms with van der Waals surface area (Å²) in [7, 11) is 1.63. The average molecular weight is 395 g/mol. The number of likely N-dealkylation sites (tertiary alicyclic amines) is 1. The van der Waals surface area contributed by atoms with Crippen molar-refractivity contribution >= 4 is 26.7 Å². The van der Waals surface area contributed by atoms with E-state index in [9.17, 15) is 0 Å². The summed E-state index contributed by atoms with van der Waals surface area (Å²) in [5.41, 5.74) is 3.38. The van der Waals surface area contributed by atoms with E-state index in [0.29, 0.717) is 11.3 Å². The summed E-state index contributed by atoms with van der Waals surface area (Å²) in [6.07, 6.45) is 4.20. The first-order valence-electron chi connectivity index (χ1n) is 9.57. The lowest BCUT2D eigenvalue weighted by molar-refractivity contribution is 0.164. The SMILES string of the molecule is C=C(Nc1nc2c(OC)ncc(-c3ccccc3)c2s1)N1CCC(C)(C)CC1. The van der Waals surface area contributed by atoms with E-state index in [0.717, 1.165) is 45.4 Å². The Bertz CT molecular complexity index is 986. The number of rotatable bonds is 5. The van der Waals surface area contributed by atoms with Crippen LogP contribution in [0.15, 0.2) is 48.9 Å². The summed E-state index contributed by atoms with van der Waals surface area (Å²) < 4.78 is 6.51. The molecule has 0 spiro atoms. The number of fused-ring (bicyclic) bond motifs is 1. The molecular formula is C22H26N4OS. The van der Waals surface area contributed by atoms with E-state index in [1.807, 2.05) is 24.4 Å². The van der Waals surface area contributed by atoms with E-state index in [-0.39, 0.29) is 0 Å². The molecule has 5 nitrogen and oxygen atoms in total. The van der Waals surface area contributed by atoms with Gasteiger partial charge in [0.05, 0.1) is 11.8 Å². The Labute approximate surface area is 170 Å². The van der Waals surface area contributed by atoms with Crippen LogP contribution in [0.25, 0.3) is 21.3 Å². The minimum Gasteiger partial charge on any atom is -0.479 e. The van der Waals surface area contributed by atoms with Crippen molar-refractivity contribution in [2.45, 2.75) is 26.7 Å². The molecule has 1 aliphatic rings. The molecule has 0 amide bonds. The monoisotopic (exact) mass is 394 g/mol. The van der Waals surface area contributed by atoms with Crippen LogP contribution in [0.3, 0.4) is 0 Å². The Kier molecular flexibility index (Phi) is 4.98. The van der Waals surface area contributed by atoms with Gasteiger partial charge in [-0.2, -0.15) is 0 Å². The van der Waals surface area contributed by atoms with Crippen LogP contribution >= 0.6 is 11.3 Å². The van der Waals surface area contributed by atoms with Gasteiger partial charge in [0.15, 0.2) is 5.13 Å². The number of ether oxygens (including phenoxy) is 1. The van der Waals surface area contributed by atoms with Gasteiger partial charge in [-0.3, -0.25) is 0 Å². The Balaban J connectivity index is 1.63. The van der Waals surface area contributed by atoms with Gasteiger partial charge in [0, 0.05) is 24.8 Å². The number of piperidine rings is 1. The first-order valence-corrected chi connectivity index (χ1v) is 10.4. The van der Waals surface area contributed by atoms with Crippen molar-refractivity contribution in [2.75, 3.05) is 25.5 Å². The van der Waals surface area contributed by atoms with Crippen LogP contribution in [-0.2, 0) is 0 Å². The third-order valence-corrected chi connectivity index (χ3v) is 6.42. The van der Waals surface area contributed by atoms with Gasteiger partial charge in [-0.1, -0.05) is 62.1 Å². The van der Waals surface area contributed by atoms with Crippen molar-refractivity contribution in [1.29, 1.82) is 0 Å². The lowest BCUT2D eigenvalue weighted by Gasteiger charge is -2.38. The number of thiazole rings is 1. The first-order chi connectivity index (χ1) is 13.5. The third-order valence-electron chi connectivity index (χ3n) is 5.41. The molecule has 6 heteroatoms. The lowest BCUT2D eigenvalue weighted by Crippen LogP contribution is -2.38. The van der Waals surface area contributed by atoms with Gasteiger partial charge in [0.25, 0.3) is 0 Å². The number of benzene rings is 1. The fourth-order valence-electron chi connectivity index (χ4n) is 3.50. The fourth-order valence-corrected chi connectivity index (χ4v) is 4.51. The molecule has 2 aromatic heterocycles. The molecule has 0 aliphatic carbocycles. The maximum Gasteiger partial charge on any atom is 0.241 e. The molecule has 1 aromatic carbocycles. The van der Waals surface area contributed by atoms with E-state index in [1.165, 1.54) is 12.8 Å². The minimum absolute atomic E-state index is 0.413. The molecule has 1 fully saturated rings. The van der Waals surface area contributed by atoms with Gasteiger partial charge < -0.3 is 15.0 Å². The van der Waals surface area contributed by atoms with Gasteiger partial charge in [0.1, 0.15) is 11.3 Å². The van der Waals surface area contributed by atoms with Crippen LogP contribution in [0.1, 0.15) is 26.7 Å². The van der Waals surface area contributed by atoms with E-state index in [1.54, 1.807) is 18.4 Å². The van der Waals surface area contributed by atoms with Crippen molar-refractivity contribution < 1.29 is 4.74 Å². The average Bonchev–Trinajstić information content (AvgIpc) is 3.11. The second-order valence-electron chi connectivity index (χ2n) is 7.97. The first kappa shape index (κ1) is 18.7. The summed E-state index contributed by atoms with van der Waals surface area (Å²) in [5, 5.41) is 4.23. The number of nitrogens with one attached hydrogen (secondary N) is 1. The van der Waals surface area contributed by atoms with Gasteiger partial charge >= 0.3 is 0 Å². The topological polar surface area (TPSA) is 50.3 Å². The second-order valence-corrected chi connectivity index (χ2v) is 8.97. The summed E-state index contributed by atoms with van der Waals surface area (Å²) in [4.78, 5) is 11.5. The zero-order valence-corrected chi connectivity index (χ0v) is 17.5. The Morgan fingerprint density at radius 1 is 1.21 bits per heavy atom. The molecule has 1 saturated heterocycles. The molecule has 0 radical (unpaired) electrons. The highest BCUT2D eigenvalue weighted by atomic mass is 32.1.